The minimum absolute atomic E-state index is 0.0321. The van der Waals surface area contributed by atoms with Crippen molar-refractivity contribution in [2.45, 2.75) is 9.79 Å². The molecule has 282 valence electrons. The zero-order valence-electron chi connectivity index (χ0n) is 37.1. The van der Waals surface area contributed by atoms with Crippen molar-refractivity contribution in [3.63, 3.8) is 0 Å². The molecule has 0 unspecified atom stereocenters. The van der Waals surface area contributed by atoms with Crippen molar-refractivity contribution in [3.05, 3.63) is 91.0 Å². The van der Waals surface area contributed by atoms with Crippen LogP contribution >= 0.6 is 10.0 Å². The Bertz CT molecular complexity index is 3970. The molecule has 3 heterocycles. The van der Waals surface area contributed by atoms with Gasteiger partial charge in [0.1, 0.15) is 118 Å². The first-order chi connectivity index (χ1) is 32.3. The number of hydrogen-bond donors (Lipinski definition) is 0. The van der Waals surface area contributed by atoms with Crippen molar-refractivity contribution < 1.29 is 0 Å². The number of aromatic nitrogens is 2. The Morgan fingerprint density at radius 3 is 1.25 bits per heavy atom. The van der Waals surface area contributed by atoms with E-state index in [0.29, 0.717) is 60.4 Å². The first-order valence-electron chi connectivity index (χ1n) is 21.4. The van der Waals surface area contributed by atoms with E-state index in [1.165, 1.54) is 15.4 Å². The van der Waals surface area contributed by atoms with Crippen LogP contribution in [-0.4, -0.2) is 139 Å². The molecule has 0 saturated carbocycles. The molecular formula is C50H21B15N2S. The highest BCUT2D eigenvalue weighted by Gasteiger charge is 2.33. The van der Waals surface area contributed by atoms with E-state index >= 15 is 0 Å². The first-order valence-corrected chi connectivity index (χ1v) is 23.8. The van der Waals surface area contributed by atoms with Gasteiger partial charge in [0.05, 0.1) is 0 Å². The standard InChI is InChI=1S/C50H21B15N2S/c1-68(2)25-12-4-3-11-23(25)24-14-13-22(17-26(24)68)67-48-30(32-38(57)40(59)42(61)46(65)50(32)67)34(53)28(36(55)44(48)63)27-33(52)29-31-37(56)39(58)41(60)45(64)49(31)66(47(29)43(62)35(27)54)21-10-6-8-19(16-21)18-7-5-9-20(51)15-18/h3-17H,1-2H3. The Morgan fingerprint density at radius 1 is 0.324 bits per heavy atom. The summed E-state index contributed by atoms with van der Waals surface area (Å²) in [4.78, 5) is 2.45. The highest BCUT2D eigenvalue weighted by molar-refractivity contribution is 8.33. The lowest BCUT2D eigenvalue weighted by atomic mass is 9.61. The molecule has 2 nitrogen and oxygen atoms in total. The molecule has 1 aliphatic rings. The van der Waals surface area contributed by atoms with Crippen molar-refractivity contribution >= 4 is 253 Å². The lowest BCUT2D eigenvalue weighted by Gasteiger charge is -2.29. The Kier molecular flexibility index (Phi) is 10.4. The van der Waals surface area contributed by atoms with Crippen molar-refractivity contribution in [1.29, 1.82) is 0 Å². The van der Waals surface area contributed by atoms with Crippen LogP contribution in [0, 0.1) is 0 Å². The third-order valence-electron chi connectivity index (χ3n) is 13.9. The first kappa shape index (κ1) is 45.1. The second kappa shape index (κ2) is 15.6. The molecule has 0 saturated heterocycles. The number of nitrogens with zero attached hydrogens (tertiary/aromatic N) is 2. The van der Waals surface area contributed by atoms with Gasteiger partial charge in [-0.15, -0.1) is 21.9 Å². The molecular weight excluding hydrogens is 823 g/mol. The predicted octanol–water partition coefficient (Wildman–Crippen LogP) is -4.42. The van der Waals surface area contributed by atoms with Crippen molar-refractivity contribution in [3.8, 4) is 44.8 Å². The highest BCUT2D eigenvalue weighted by atomic mass is 32.3. The van der Waals surface area contributed by atoms with Crippen molar-refractivity contribution in [2.24, 2.45) is 0 Å². The quantitative estimate of drug-likeness (QED) is 0.159. The predicted molar refractivity (Wildman–Crippen MR) is 308 cm³/mol. The molecule has 0 N–H and O–H groups in total. The van der Waals surface area contributed by atoms with Gasteiger partial charge in [-0.05, 0) is 87.0 Å². The normalized spacial score (nSPS) is 13.4. The summed E-state index contributed by atoms with van der Waals surface area (Å²) in [5, 5.41) is 1.51. The fourth-order valence-electron chi connectivity index (χ4n) is 10.5. The molecule has 0 fully saturated rings. The second-order valence-corrected chi connectivity index (χ2v) is 21.3. The Balaban J connectivity index is 1.25. The molecule has 0 spiro atoms. The number of fused-ring (bicyclic) bond motifs is 9. The average molecular weight is 844 g/mol. The zero-order chi connectivity index (χ0) is 48.3. The van der Waals surface area contributed by atoms with Gasteiger partial charge in [-0.25, -0.2) is 0 Å². The zero-order valence-corrected chi connectivity index (χ0v) is 37.9. The Labute approximate surface area is 417 Å². The molecule has 8 aromatic carbocycles. The van der Waals surface area contributed by atoms with Crippen LogP contribution in [0.25, 0.3) is 88.4 Å². The van der Waals surface area contributed by atoms with Crippen LogP contribution in [0.2, 0.25) is 0 Å². The average Bonchev–Trinajstić information content (AvgIpc) is 3.96. The molecule has 10 aromatic rings. The van der Waals surface area contributed by atoms with Crippen LogP contribution in [0.1, 0.15) is 0 Å². The van der Waals surface area contributed by atoms with Crippen LogP contribution in [0.15, 0.2) is 101 Å². The van der Waals surface area contributed by atoms with E-state index in [2.05, 4.69) is 42.8 Å². The van der Waals surface area contributed by atoms with Crippen LogP contribution < -0.4 is 81.9 Å². The van der Waals surface area contributed by atoms with E-state index in [1.54, 1.807) is 0 Å². The van der Waals surface area contributed by atoms with Crippen LogP contribution in [-0.2, 0) is 0 Å². The summed E-state index contributed by atoms with van der Waals surface area (Å²) in [5.41, 5.74) is 9.29. The van der Waals surface area contributed by atoms with Gasteiger partial charge in [0, 0.05) is 54.0 Å². The maximum absolute atomic E-state index is 7.44. The molecule has 11 rings (SSSR count). The Hall–Kier alpha value is -5.32. The fraction of sp³-hybridized carbons (Fsp3) is 0.0400. The van der Waals surface area contributed by atoms with E-state index in [4.69, 9.17) is 118 Å². The van der Waals surface area contributed by atoms with E-state index < -0.39 is 10.0 Å². The van der Waals surface area contributed by atoms with Crippen LogP contribution in [0.3, 0.4) is 0 Å². The molecule has 0 atom stereocenters. The summed E-state index contributed by atoms with van der Waals surface area (Å²) < 4.78 is 3.71. The highest BCUT2D eigenvalue weighted by Crippen LogP contribution is 2.67. The van der Waals surface area contributed by atoms with Crippen LogP contribution in [0.4, 0.5) is 0 Å². The summed E-state index contributed by atoms with van der Waals surface area (Å²) >= 11 is 0. The summed E-state index contributed by atoms with van der Waals surface area (Å²) in [6, 6.07) is 29.9. The molecule has 0 aliphatic carbocycles. The van der Waals surface area contributed by atoms with E-state index in [-0.39, 0.29) is 87.6 Å². The third-order valence-corrected chi connectivity index (χ3v) is 16.8. The van der Waals surface area contributed by atoms with Crippen molar-refractivity contribution in [2.75, 3.05) is 12.5 Å². The van der Waals surface area contributed by atoms with Gasteiger partial charge in [-0.1, -0.05) is 121 Å². The van der Waals surface area contributed by atoms with E-state index in [1.807, 2.05) is 69.8 Å². The lowest BCUT2D eigenvalue weighted by Crippen LogP contribution is -2.48. The second-order valence-electron chi connectivity index (χ2n) is 17.8. The van der Waals surface area contributed by atoms with Gasteiger partial charge in [0.25, 0.3) is 0 Å². The van der Waals surface area contributed by atoms with Crippen LogP contribution in [0.5, 0.6) is 0 Å². The topological polar surface area (TPSA) is 9.86 Å². The smallest absolute Gasteiger partial charge is 0.115 e. The van der Waals surface area contributed by atoms with Gasteiger partial charge in [0.2, 0.25) is 0 Å². The molecule has 18 heteroatoms. The van der Waals surface area contributed by atoms with Gasteiger partial charge in [0.15, 0.2) is 0 Å². The van der Waals surface area contributed by atoms with Gasteiger partial charge in [-0.3, -0.25) is 0 Å². The summed E-state index contributed by atoms with van der Waals surface area (Å²) in [5.74, 6) is 0. The summed E-state index contributed by atoms with van der Waals surface area (Å²) in [7, 11) is 103. The lowest BCUT2D eigenvalue weighted by molar-refractivity contribution is 1.17. The molecule has 0 bridgehead atoms. The number of benzene rings is 8. The van der Waals surface area contributed by atoms with E-state index in [9.17, 15) is 0 Å². The largest absolute Gasteiger partial charge is 0.311 e. The van der Waals surface area contributed by atoms with Gasteiger partial charge >= 0.3 is 0 Å². The SMILES string of the molecule is [B]c1cccc(-c2cccc(-n3c4c([B])c([B])c([B])c([B])c4c4c([B])c(-c5c([B])c([B])c6c(c5[B])c5c([B])c([B])c([B])c([B])c5n6-c5ccc6c(c5)S(C)(C)c5ccccc5-6)c([B])c([B])c43)c2)c1. The van der Waals surface area contributed by atoms with E-state index in [0.717, 1.165) is 16.7 Å². The number of hydrogen-bond acceptors (Lipinski definition) is 0. The summed E-state index contributed by atoms with van der Waals surface area (Å²) in [6.45, 7) is 0. The monoisotopic (exact) mass is 846 g/mol. The molecule has 0 amide bonds. The Morgan fingerprint density at radius 2 is 0.735 bits per heavy atom. The molecule has 68 heavy (non-hydrogen) atoms. The minimum Gasteiger partial charge on any atom is -0.311 e. The maximum Gasteiger partial charge on any atom is 0.115 e. The third kappa shape index (κ3) is 5.95. The summed E-state index contributed by atoms with van der Waals surface area (Å²) in [6.07, 6.45) is 4.54. The maximum atomic E-state index is 7.44. The minimum atomic E-state index is -1.45. The van der Waals surface area contributed by atoms with Crippen molar-refractivity contribution in [1.82, 2.24) is 9.13 Å². The molecule has 2 aromatic heterocycles. The molecule has 30 radical (unpaired) electrons. The number of rotatable bonds is 4. The molecule has 1 aliphatic heterocycles. The van der Waals surface area contributed by atoms with Gasteiger partial charge < -0.3 is 9.13 Å². The fourth-order valence-corrected chi connectivity index (χ4v) is 13.1. The van der Waals surface area contributed by atoms with Gasteiger partial charge in [-0.2, -0.15) is 10.0 Å².